The molecule has 2 rings (SSSR count). The molecule has 0 fully saturated rings. The van der Waals surface area contributed by atoms with E-state index in [1.165, 1.54) is 5.56 Å². The van der Waals surface area contributed by atoms with E-state index in [4.69, 9.17) is 4.42 Å². The molecule has 0 aliphatic rings. The van der Waals surface area contributed by atoms with Crippen LogP contribution in [0.15, 0.2) is 51.6 Å². The fourth-order valence-corrected chi connectivity index (χ4v) is 1.81. The lowest BCUT2D eigenvalue weighted by molar-refractivity contribution is 0.251. The molecule has 0 aliphatic heterocycles. The Kier molecular flexibility index (Phi) is 4.41. The lowest BCUT2D eigenvalue weighted by atomic mass is 10.1. The first-order valence-corrected chi connectivity index (χ1v) is 6.37. The first-order chi connectivity index (χ1) is 8.74. The SMILES string of the molecule is O=C(NCCc1ccccc1)Nc1ccc(Br)o1. The summed E-state index contributed by atoms with van der Waals surface area (Å²) in [5.41, 5.74) is 1.19. The van der Waals surface area contributed by atoms with Gasteiger partial charge in [-0.05, 0) is 34.0 Å². The normalized spacial score (nSPS) is 10.1. The van der Waals surface area contributed by atoms with Crippen molar-refractivity contribution in [1.82, 2.24) is 5.32 Å². The van der Waals surface area contributed by atoms with Crippen LogP contribution in [0.4, 0.5) is 10.7 Å². The van der Waals surface area contributed by atoms with Gasteiger partial charge in [0.15, 0.2) is 4.67 Å². The summed E-state index contributed by atoms with van der Waals surface area (Å²) in [5, 5.41) is 5.37. The van der Waals surface area contributed by atoms with Crippen LogP contribution in [0.5, 0.6) is 0 Å². The molecule has 2 amide bonds. The zero-order valence-electron chi connectivity index (χ0n) is 9.65. The van der Waals surface area contributed by atoms with Crippen LogP contribution in [0.25, 0.3) is 0 Å². The highest BCUT2D eigenvalue weighted by molar-refractivity contribution is 9.10. The van der Waals surface area contributed by atoms with Crippen molar-refractivity contribution in [3.8, 4) is 0 Å². The smallest absolute Gasteiger partial charge is 0.321 e. The van der Waals surface area contributed by atoms with Gasteiger partial charge in [0.1, 0.15) is 0 Å². The minimum absolute atomic E-state index is 0.271. The van der Waals surface area contributed by atoms with Crippen LogP contribution in [-0.4, -0.2) is 12.6 Å². The van der Waals surface area contributed by atoms with Crippen LogP contribution >= 0.6 is 15.9 Å². The van der Waals surface area contributed by atoms with Crippen molar-refractivity contribution in [3.05, 3.63) is 52.7 Å². The van der Waals surface area contributed by atoms with Gasteiger partial charge in [0, 0.05) is 12.6 Å². The summed E-state index contributed by atoms with van der Waals surface area (Å²) in [6.07, 6.45) is 0.802. The van der Waals surface area contributed by atoms with E-state index in [0.29, 0.717) is 17.1 Å². The standard InChI is InChI=1S/C13H13BrN2O2/c14-11-6-7-12(18-11)16-13(17)15-9-8-10-4-2-1-3-5-10/h1-7H,8-9H2,(H2,15,16,17). The number of amides is 2. The average Bonchev–Trinajstić information content (AvgIpc) is 2.76. The summed E-state index contributed by atoms with van der Waals surface area (Å²) >= 11 is 3.17. The van der Waals surface area contributed by atoms with E-state index in [2.05, 4.69) is 26.6 Å². The quantitative estimate of drug-likeness (QED) is 0.909. The average molecular weight is 309 g/mol. The molecule has 0 saturated heterocycles. The van der Waals surface area contributed by atoms with E-state index in [1.807, 2.05) is 30.3 Å². The van der Waals surface area contributed by atoms with Crippen molar-refractivity contribution in [2.24, 2.45) is 0 Å². The number of furan rings is 1. The van der Waals surface area contributed by atoms with Crippen LogP contribution in [0, 0.1) is 0 Å². The molecule has 2 N–H and O–H groups in total. The predicted octanol–water partition coefficient (Wildman–Crippen LogP) is 3.41. The van der Waals surface area contributed by atoms with Crippen molar-refractivity contribution in [2.75, 3.05) is 11.9 Å². The van der Waals surface area contributed by atoms with Gasteiger partial charge in [0.05, 0.1) is 0 Å². The molecule has 0 atom stereocenters. The second-order valence-electron chi connectivity index (χ2n) is 3.72. The van der Waals surface area contributed by atoms with E-state index in [-0.39, 0.29) is 6.03 Å². The number of carbonyl (C=O) groups excluding carboxylic acids is 1. The molecule has 0 bridgehead atoms. The molecular weight excluding hydrogens is 296 g/mol. The van der Waals surface area contributed by atoms with E-state index < -0.39 is 0 Å². The molecule has 1 aromatic heterocycles. The van der Waals surface area contributed by atoms with Gasteiger partial charge in [0.2, 0.25) is 5.88 Å². The monoisotopic (exact) mass is 308 g/mol. The Morgan fingerprint density at radius 1 is 1.17 bits per heavy atom. The number of rotatable bonds is 4. The summed E-state index contributed by atoms with van der Waals surface area (Å²) in [6, 6.07) is 13.1. The number of hydrogen-bond donors (Lipinski definition) is 2. The summed E-state index contributed by atoms with van der Waals surface area (Å²) in [5.74, 6) is 0.416. The van der Waals surface area contributed by atoms with Gasteiger partial charge < -0.3 is 9.73 Å². The van der Waals surface area contributed by atoms with Crippen molar-refractivity contribution in [1.29, 1.82) is 0 Å². The Balaban J connectivity index is 1.72. The molecule has 0 unspecified atom stereocenters. The summed E-state index contributed by atoms with van der Waals surface area (Å²) in [4.78, 5) is 11.5. The molecule has 0 aliphatic carbocycles. The lowest BCUT2D eigenvalue weighted by Crippen LogP contribution is -2.30. The number of anilines is 1. The van der Waals surface area contributed by atoms with Crippen molar-refractivity contribution >= 4 is 27.8 Å². The van der Waals surface area contributed by atoms with Gasteiger partial charge in [0.25, 0.3) is 0 Å². The Morgan fingerprint density at radius 2 is 1.94 bits per heavy atom. The van der Waals surface area contributed by atoms with Crippen molar-refractivity contribution < 1.29 is 9.21 Å². The van der Waals surface area contributed by atoms with E-state index in [9.17, 15) is 4.79 Å². The molecular formula is C13H13BrN2O2. The van der Waals surface area contributed by atoms with Gasteiger partial charge in [-0.25, -0.2) is 4.79 Å². The summed E-state index contributed by atoms with van der Waals surface area (Å²) in [6.45, 7) is 0.581. The molecule has 4 nitrogen and oxygen atoms in total. The van der Waals surface area contributed by atoms with Crippen molar-refractivity contribution in [3.63, 3.8) is 0 Å². The highest BCUT2D eigenvalue weighted by atomic mass is 79.9. The second-order valence-corrected chi connectivity index (χ2v) is 4.50. The van der Waals surface area contributed by atoms with Gasteiger partial charge >= 0.3 is 6.03 Å². The Hall–Kier alpha value is -1.75. The van der Waals surface area contributed by atoms with Crippen molar-refractivity contribution in [2.45, 2.75) is 6.42 Å². The fraction of sp³-hybridized carbons (Fsp3) is 0.154. The van der Waals surface area contributed by atoms with Gasteiger partial charge in [-0.3, -0.25) is 5.32 Å². The number of halogens is 1. The number of carbonyl (C=O) groups is 1. The number of urea groups is 1. The largest absolute Gasteiger partial charge is 0.434 e. The van der Waals surface area contributed by atoms with E-state index in [0.717, 1.165) is 6.42 Å². The molecule has 0 radical (unpaired) electrons. The molecule has 0 spiro atoms. The highest BCUT2D eigenvalue weighted by Crippen LogP contribution is 2.17. The maximum atomic E-state index is 11.5. The Morgan fingerprint density at radius 3 is 2.61 bits per heavy atom. The molecule has 0 saturated carbocycles. The van der Waals surface area contributed by atoms with Gasteiger partial charge in [-0.2, -0.15) is 0 Å². The second kappa shape index (κ2) is 6.26. The highest BCUT2D eigenvalue weighted by Gasteiger charge is 2.04. The topological polar surface area (TPSA) is 54.3 Å². The van der Waals surface area contributed by atoms with E-state index in [1.54, 1.807) is 12.1 Å². The van der Waals surface area contributed by atoms with Crippen LogP contribution in [0.2, 0.25) is 0 Å². The third kappa shape index (κ3) is 3.92. The maximum Gasteiger partial charge on any atom is 0.321 e. The molecule has 94 valence electrons. The number of hydrogen-bond acceptors (Lipinski definition) is 2. The lowest BCUT2D eigenvalue weighted by Gasteiger charge is -2.05. The minimum atomic E-state index is -0.271. The molecule has 5 heteroatoms. The maximum absolute atomic E-state index is 11.5. The fourth-order valence-electron chi connectivity index (χ4n) is 1.50. The van der Waals surface area contributed by atoms with E-state index >= 15 is 0 Å². The zero-order valence-corrected chi connectivity index (χ0v) is 11.2. The zero-order chi connectivity index (χ0) is 12.8. The molecule has 18 heavy (non-hydrogen) atoms. The van der Waals surface area contributed by atoms with Crippen LogP contribution in [0.1, 0.15) is 5.56 Å². The van der Waals surface area contributed by atoms with Gasteiger partial charge in [-0.1, -0.05) is 30.3 Å². The Bertz CT molecular complexity index is 511. The minimum Gasteiger partial charge on any atom is -0.434 e. The first kappa shape index (κ1) is 12.7. The van der Waals surface area contributed by atoms with Crippen LogP contribution < -0.4 is 10.6 Å². The van der Waals surface area contributed by atoms with Gasteiger partial charge in [-0.15, -0.1) is 0 Å². The summed E-state index contributed by atoms with van der Waals surface area (Å²) < 4.78 is 5.75. The van der Waals surface area contributed by atoms with Crippen LogP contribution in [0.3, 0.4) is 0 Å². The van der Waals surface area contributed by atoms with Crippen LogP contribution in [-0.2, 0) is 6.42 Å². The predicted molar refractivity (Wildman–Crippen MR) is 73.6 cm³/mol. The molecule has 1 aromatic carbocycles. The summed E-state index contributed by atoms with van der Waals surface area (Å²) in [7, 11) is 0. The first-order valence-electron chi connectivity index (χ1n) is 5.58. The number of benzene rings is 1. The Labute approximate surface area is 114 Å². The third-order valence-corrected chi connectivity index (χ3v) is 2.78. The molecule has 2 aromatic rings. The number of nitrogens with one attached hydrogen (secondary N) is 2. The third-order valence-electron chi connectivity index (χ3n) is 2.35. The molecule has 1 heterocycles.